The molecule has 1 saturated heterocycles. The highest BCUT2D eigenvalue weighted by atomic mass is 16.1. The molecule has 4 nitrogen and oxygen atoms in total. The van der Waals surface area contributed by atoms with E-state index in [1.807, 2.05) is 24.3 Å². The van der Waals surface area contributed by atoms with Gasteiger partial charge in [-0.05, 0) is 48.9 Å². The van der Waals surface area contributed by atoms with Crippen molar-refractivity contribution in [2.75, 3.05) is 43.4 Å². The van der Waals surface area contributed by atoms with Crippen LogP contribution < -0.4 is 10.2 Å². The van der Waals surface area contributed by atoms with Crippen molar-refractivity contribution < 1.29 is 4.79 Å². The Hall–Kier alpha value is -2.33. The van der Waals surface area contributed by atoms with E-state index in [1.165, 1.54) is 11.3 Å². The van der Waals surface area contributed by atoms with Crippen molar-refractivity contribution in [3.05, 3.63) is 59.7 Å². The fraction of sp³-hybridized carbons (Fsp3) is 0.381. The predicted molar refractivity (Wildman–Crippen MR) is 104 cm³/mol. The van der Waals surface area contributed by atoms with Crippen molar-refractivity contribution in [1.82, 2.24) is 4.90 Å². The number of hydrogen-bond acceptors (Lipinski definition) is 3. The lowest BCUT2D eigenvalue weighted by Crippen LogP contribution is -2.44. The van der Waals surface area contributed by atoms with Crippen molar-refractivity contribution in [3.63, 3.8) is 0 Å². The number of hydrogen-bond donors (Lipinski definition) is 1. The number of benzene rings is 2. The summed E-state index contributed by atoms with van der Waals surface area (Å²) in [5.41, 5.74) is 4.42. The van der Waals surface area contributed by atoms with Crippen LogP contribution in [0.25, 0.3) is 0 Å². The van der Waals surface area contributed by atoms with E-state index in [9.17, 15) is 4.79 Å². The van der Waals surface area contributed by atoms with E-state index >= 15 is 0 Å². The molecule has 1 amide bonds. The number of nitrogens with zero attached hydrogens (tertiary/aromatic N) is 2. The zero-order valence-corrected chi connectivity index (χ0v) is 15.2. The van der Waals surface area contributed by atoms with E-state index in [2.05, 4.69) is 53.4 Å². The molecule has 4 heteroatoms. The molecule has 0 unspecified atom stereocenters. The van der Waals surface area contributed by atoms with Gasteiger partial charge in [0.15, 0.2) is 0 Å². The molecule has 0 spiro atoms. The van der Waals surface area contributed by atoms with Gasteiger partial charge in [0.1, 0.15) is 0 Å². The summed E-state index contributed by atoms with van der Waals surface area (Å²) in [7, 11) is 2.16. The number of aryl methyl sites for hydroxylation is 1. The van der Waals surface area contributed by atoms with Crippen molar-refractivity contribution in [2.24, 2.45) is 0 Å². The average Bonchev–Trinajstić information content (AvgIpc) is 2.64. The topological polar surface area (TPSA) is 35.6 Å². The molecule has 1 fully saturated rings. The summed E-state index contributed by atoms with van der Waals surface area (Å²) in [6.07, 6.45) is 1.43. The van der Waals surface area contributed by atoms with Crippen molar-refractivity contribution in [3.8, 4) is 0 Å². The smallest absolute Gasteiger partial charge is 0.228 e. The molecule has 0 aliphatic carbocycles. The van der Waals surface area contributed by atoms with Crippen LogP contribution in [0.1, 0.15) is 18.1 Å². The average molecular weight is 337 g/mol. The standard InChI is InChI=1S/C21H27N3O/c1-3-17-4-6-18(7-5-17)16-21(25)22-19-8-10-20(11-9-19)24-14-12-23(2)13-15-24/h4-11H,3,12-16H2,1-2H3,(H,22,25). The Balaban J connectivity index is 1.54. The third-order valence-corrected chi connectivity index (χ3v) is 4.82. The van der Waals surface area contributed by atoms with Crippen molar-refractivity contribution >= 4 is 17.3 Å². The SMILES string of the molecule is CCc1ccc(CC(=O)Nc2ccc(N3CCN(C)CC3)cc2)cc1. The third-order valence-electron chi connectivity index (χ3n) is 4.82. The van der Waals surface area contributed by atoms with E-state index in [4.69, 9.17) is 0 Å². The molecule has 132 valence electrons. The highest BCUT2D eigenvalue weighted by Gasteiger charge is 2.14. The van der Waals surface area contributed by atoms with Gasteiger partial charge in [-0.2, -0.15) is 0 Å². The molecule has 1 heterocycles. The van der Waals surface area contributed by atoms with Gasteiger partial charge in [0, 0.05) is 37.6 Å². The second kappa shape index (κ2) is 8.17. The molecule has 1 aliphatic rings. The predicted octanol–water partition coefficient (Wildman–Crippen LogP) is 3.18. The second-order valence-corrected chi connectivity index (χ2v) is 6.73. The molecule has 0 aromatic heterocycles. The van der Waals surface area contributed by atoms with Gasteiger partial charge in [-0.1, -0.05) is 31.2 Å². The minimum Gasteiger partial charge on any atom is -0.369 e. The Bertz CT molecular complexity index is 686. The summed E-state index contributed by atoms with van der Waals surface area (Å²) in [5, 5.41) is 2.99. The number of likely N-dealkylation sites (N-methyl/N-ethyl adjacent to an activating group) is 1. The fourth-order valence-electron chi connectivity index (χ4n) is 3.10. The van der Waals surface area contributed by atoms with Crippen LogP contribution in [0.2, 0.25) is 0 Å². The fourth-order valence-corrected chi connectivity index (χ4v) is 3.10. The Morgan fingerprint density at radius 3 is 2.12 bits per heavy atom. The lowest BCUT2D eigenvalue weighted by molar-refractivity contribution is -0.115. The van der Waals surface area contributed by atoms with Gasteiger partial charge < -0.3 is 15.1 Å². The first kappa shape index (κ1) is 17.5. The largest absolute Gasteiger partial charge is 0.369 e. The van der Waals surface area contributed by atoms with Gasteiger partial charge >= 0.3 is 0 Å². The number of piperazine rings is 1. The molecule has 1 aliphatic heterocycles. The summed E-state index contributed by atoms with van der Waals surface area (Å²) >= 11 is 0. The Morgan fingerprint density at radius 1 is 0.920 bits per heavy atom. The molecular formula is C21H27N3O. The first-order chi connectivity index (χ1) is 12.1. The summed E-state index contributed by atoms with van der Waals surface area (Å²) < 4.78 is 0. The van der Waals surface area contributed by atoms with Gasteiger partial charge in [0.25, 0.3) is 0 Å². The Kier molecular flexibility index (Phi) is 5.71. The molecule has 3 rings (SSSR count). The monoisotopic (exact) mass is 337 g/mol. The van der Waals surface area contributed by atoms with Gasteiger partial charge in [0.2, 0.25) is 5.91 Å². The molecule has 1 N–H and O–H groups in total. The number of carbonyl (C=O) groups is 1. The molecule has 0 saturated carbocycles. The lowest BCUT2D eigenvalue weighted by atomic mass is 10.1. The molecule has 0 bridgehead atoms. The lowest BCUT2D eigenvalue weighted by Gasteiger charge is -2.34. The van der Waals surface area contributed by atoms with Gasteiger partial charge in [-0.15, -0.1) is 0 Å². The van der Waals surface area contributed by atoms with E-state index in [-0.39, 0.29) is 5.91 Å². The van der Waals surface area contributed by atoms with Crippen LogP contribution in [0.5, 0.6) is 0 Å². The van der Waals surface area contributed by atoms with Gasteiger partial charge in [-0.3, -0.25) is 4.79 Å². The summed E-state index contributed by atoms with van der Waals surface area (Å²) in [6, 6.07) is 16.4. The van der Waals surface area contributed by atoms with Crippen LogP contribution in [0.4, 0.5) is 11.4 Å². The van der Waals surface area contributed by atoms with Gasteiger partial charge in [0.05, 0.1) is 6.42 Å². The van der Waals surface area contributed by atoms with Crippen LogP contribution in [0, 0.1) is 0 Å². The summed E-state index contributed by atoms with van der Waals surface area (Å²) in [4.78, 5) is 17.0. The minimum atomic E-state index is 0.0246. The number of nitrogens with one attached hydrogen (secondary N) is 1. The Labute approximate surface area is 150 Å². The van der Waals surface area contributed by atoms with Crippen LogP contribution >= 0.6 is 0 Å². The highest BCUT2D eigenvalue weighted by Crippen LogP contribution is 2.19. The van der Waals surface area contributed by atoms with E-state index in [0.717, 1.165) is 43.9 Å². The quantitative estimate of drug-likeness (QED) is 0.910. The maximum Gasteiger partial charge on any atom is 0.228 e. The van der Waals surface area contributed by atoms with E-state index in [1.54, 1.807) is 0 Å². The highest BCUT2D eigenvalue weighted by molar-refractivity contribution is 5.92. The van der Waals surface area contributed by atoms with E-state index < -0.39 is 0 Å². The normalized spacial score (nSPS) is 15.2. The van der Waals surface area contributed by atoms with E-state index in [0.29, 0.717) is 6.42 Å². The van der Waals surface area contributed by atoms with Crippen LogP contribution in [-0.2, 0) is 17.6 Å². The number of carbonyl (C=O) groups excluding carboxylic acids is 1. The summed E-state index contributed by atoms with van der Waals surface area (Å²) in [5.74, 6) is 0.0246. The number of rotatable bonds is 5. The third kappa shape index (κ3) is 4.83. The molecule has 2 aromatic rings. The van der Waals surface area contributed by atoms with Gasteiger partial charge in [-0.25, -0.2) is 0 Å². The zero-order chi connectivity index (χ0) is 17.6. The molecule has 25 heavy (non-hydrogen) atoms. The molecular weight excluding hydrogens is 310 g/mol. The molecule has 2 aromatic carbocycles. The van der Waals surface area contributed by atoms with Crippen LogP contribution in [0.15, 0.2) is 48.5 Å². The number of anilines is 2. The van der Waals surface area contributed by atoms with Crippen molar-refractivity contribution in [1.29, 1.82) is 0 Å². The number of amides is 1. The first-order valence-corrected chi connectivity index (χ1v) is 9.05. The Morgan fingerprint density at radius 2 is 1.52 bits per heavy atom. The zero-order valence-electron chi connectivity index (χ0n) is 15.2. The summed E-state index contributed by atoms with van der Waals surface area (Å²) in [6.45, 7) is 6.42. The first-order valence-electron chi connectivity index (χ1n) is 9.05. The molecule has 0 atom stereocenters. The maximum atomic E-state index is 12.2. The van der Waals surface area contributed by atoms with Crippen molar-refractivity contribution in [2.45, 2.75) is 19.8 Å². The minimum absolute atomic E-state index is 0.0246. The van der Waals surface area contributed by atoms with Crippen LogP contribution in [-0.4, -0.2) is 44.0 Å². The molecule has 0 radical (unpaired) electrons. The van der Waals surface area contributed by atoms with Crippen LogP contribution in [0.3, 0.4) is 0 Å². The second-order valence-electron chi connectivity index (χ2n) is 6.73. The maximum absolute atomic E-state index is 12.2.